The van der Waals surface area contributed by atoms with Gasteiger partial charge in [0.2, 0.25) is 23.7 Å². The summed E-state index contributed by atoms with van der Waals surface area (Å²) in [4.78, 5) is 62.2. The van der Waals surface area contributed by atoms with Gasteiger partial charge in [-0.25, -0.2) is 9.59 Å². The summed E-state index contributed by atoms with van der Waals surface area (Å²) in [6, 6.07) is -2.46. The van der Waals surface area contributed by atoms with Gasteiger partial charge in [-0.15, -0.1) is 0 Å². The molecule has 0 bridgehead atoms. The Kier molecular flexibility index (Phi) is 14.4. The Balaban J connectivity index is 1.76. The van der Waals surface area contributed by atoms with Gasteiger partial charge in [0.05, 0.1) is 44.8 Å². The number of aliphatic hydroxyl groups excluding tert-OH is 9. The lowest BCUT2D eigenvalue weighted by Gasteiger charge is -2.43. The van der Waals surface area contributed by atoms with Crippen molar-refractivity contribution in [3.63, 3.8) is 0 Å². The molecule has 47 heavy (non-hydrogen) atoms. The molecule has 2 aliphatic heterocycles. The number of likely N-dealkylation sites (tertiary alicyclic amines) is 2. The summed E-state index contributed by atoms with van der Waals surface area (Å²) >= 11 is 0. The normalized spacial score (nSPS) is 28.1. The molecule has 0 saturated carbocycles. The van der Waals surface area contributed by atoms with Crippen LogP contribution >= 0.6 is 0 Å². The number of nitrogens with one attached hydrogen (secondary N) is 4. The number of carbonyl (C=O) groups excluding carboxylic acids is 4. The van der Waals surface area contributed by atoms with Crippen LogP contribution in [0.2, 0.25) is 0 Å². The number of β-amino-alcohol motifs (C(OH)–C–C–N with tert-alkyl or cyclic N) is 2. The van der Waals surface area contributed by atoms with Gasteiger partial charge in [0.15, 0.2) is 6.10 Å². The Bertz CT molecular complexity index is 1150. The highest BCUT2D eigenvalue weighted by Crippen LogP contribution is 2.20. The van der Waals surface area contributed by atoms with Crippen molar-refractivity contribution in [3.8, 4) is 0 Å². The number of amides is 2. The topological polar surface area (TPSA) is 354 Å². The molecule has 2 saturated heterocycles. The van der Waals surface area contributed by atoms with Crippen molar-refractivity contribution in [3.05, 3.63) is 0 Å². The van der Waals surface area contributed by atoms with E-state index in [1.54, 1.807) is 0 Å². The maximum atomic E-state index is 12.7. The van der Waals surface area contributed by atoms with Crippen molar-refractivity contribution in [2.75, 3.05) is 53.5 Å². The molecule has 2 heterocycles. The van der Waals surface area contributed by atoms with Gasteiger partial charge < -0.3 is 75.2 Å². The molecule has 268 valence electrons. The fourth-order valence-corrected chi connectivity index (χ4v) is 4.61. The van der Waals surface area contributed by atoms with Crippen LogP contribution < -0.4 is 11.0 Å². The quantitative estimate of drug-likeness (QED) is 0.0609. The first-order chi connectivity index (χ1) is 21.9. The van der Waals surface area contributed by atoms with Crippen LogP contribution in [0.1, 0.15) is 6.42 Å². The second kappa shape index (κ2) is 17.3. The van der Waals surface area contributed by atoms with Crippen LogP contribution in [0.15, 0.2) is 0 Å². The smallest absolute Gasteiger partial charge is 0.360 e. The van der Waals surface area contributed by atoms with Crippen LogP contribution in [-0.2, 0) is 28.9 Å². The molecule has 13 N–H and O–H groups in total. The Hall–Kier alpha value is -3.94. The Morgan fingerprint density at radius 1 is 0.745 bits per heavy atom. The first kappa shape index (κ1) is 39.2. The number of piperidine rings is 2. The number of aliphatic hydroxyl groups is 9. The fraction of sp³-hybridized carbons (Fsp3) is 0.750. The average molecular weight is 683 g/mol. The number of guanidine groups is 2. The van der Waals surface area contributed by atoms with Crippen molar-refractivity contribution in [2.45, 2.75) is 61.2 Å². The highest BCUT2D eigenvalue weighted by Gasteiger charge is 2.44. The molecule has 0 spiro atoms. The van der Waals surface area contributed by atoms with E-state index < -0.39 is 136 Å². The minimum atomic E-state index is -2.12. The molecule has 23 nitrogen and oxygen atoms in total. The summed E-state index contributed by atoms with van der Waals surface area (Å²) in [5, 5.41) is 104. The predicted octanol–water partition coefficient (Wildman–Crippen LogP) is -8.86. The van der Waals surface area contributed by atoms with E-state index in [0.717, 1.165) is 19.6 Å². The van der Waals surface area contributed by atoms with Gasteiger partial charge in [0.1, 0.15) is 36.6 Å². The molecule has 2 fully saturated rings. The van der Waals surface area contributed by atoms with Gasteiger partial charge in [-0.2, -0.15) is 11.0 Å². The van der Waals surface area contributed by atoms with Crippen molar-refractivity contribution >= 4 is 35.7 Å². The molecule has 0 aromatic heterocycles. The van der Waals surface area contributed by atoms with Crippen molar-refractivity contribution in [1.82, 2.24) is 30.6 Å². The molecule has 9 atom stereocenters. The lowest BCUT2D eigenvalue weighted by molar-refractivity contribution is -0.167. The number of nitrogens with zero attached hydrogens (tertiary/aromatic N) is 4. The van der Waals surface area contributed by atoms with E-state index in [2.05, 4.69) is 9.68 Å². The van der Waals surface area contributed by atoms with Crippen LogP contribution in [-0.4, -0.2) is 210 Å². The Morgan fingerprint density at radius 2 is 1.13 bits per heavy atom. The average Bonchev–Trinajstić information content (AvgIpc) is 3.02. The summed E-state index contributed by atoms with van der Waals surface area (Å²) in [5.41, 5.74) is 3.75. The van der Waals surface area contributed by atoms with E-state index in [0.29, 0.717) is 0 Å². The molecule has 0 aliphatic carbocycles. The molecule has 2 amide bonds. The molecule has 0 radical (unpaired) electrons. The minimum Gasteiger partial charge on any atom is -0.394 e. The van der Waals surface area contributed by atoms with Crippen LogP contribution in [0.25, 0.3) is 0 Å². The second-order valence-electron chi connectivity index (χ2n) is 10.9. The first-order valence-corrected chi connectivity index (χ1v) is 14.0. The number of hydrogen-bond acceptors (Lipinski definition) is 17. The number of hydroxylamine groups is 2. The van der Waals surface area contributed by atoms with Crippen molar-refractivity contribution in [1.29, 1.82) is 10.8 Å². The third-order valence-electron chi connectivity index (χ3n) is 7.51. The molecule has 3 unspecified atom stereocenters. The molecule has 23 heteroatoms. The summed E-state index contributed by atoms with van der Waals surface area (Å²) in [5.74, 6) is -5.58. The zero-order chi connectivity index (χ0) is 35.7. The third-order valence-corrected chi connectivity index (χ3v) is 7.51. The van der Waals surface area contributed by atoms with Crippen LogP contribution in [0.3, 0.4) is 0 Å². The van der Waals surface area contributed by atoms with Gasteiger partial charge in [-0.3, -0.25) is 20.4 Å². The Morgan fingerprint density at radius 3 is 1.51 bits per heavy atom. The summed E-state index contributed by atoms with van der Waals surface area (Å²) < 4.78 is 0. The molecular formula is C24H42N8O15. The van der Waals surface area contributed by atoms with Crippen molar-refractivity contribution in [2.24, 2.45) is 0 Å². The summed E-state index contributed by atoms with van der Waals surface area (Å²) in [7, 11) is 2.45. The fourth-order valence-electron chi connectivity index (χ4n) is 4.61. The molecular weight excluding hydrogens is 640 g/mol. The van der Waals surface area contributed by atoms with E-state index in [4.69, 9.17) is 10.8 Å². The molecule has 2 aliphatic rings. The summed E-state index contributed by atoms with van der Waals surface area (Å²) in [6.07, 6.45) is -12.5. The highest BCUT2D eigenvalue weighted by molar-refractivity contribution is 5.87. The summed E-state index contributed by atoms with van der Waals surface area (Å²) in [6.45, 7) is -3.41. The third kappa shape index (κ3) is 10.0. The number of rotatable bonds is 9. The lowest BCUT2D eigenvalue weighted by Crippen LogP contribution is -2.65. The highest BCUT2D eigenvalue weighted by atomic mass is 16.7. The zero-order valence-electron chi connectivity index (χ0n) is 25.4. The maximum Gasteiger partial charge on any atom is 0.360 e. The predicted molar refractivity (Wildman–Crippen MR) is 151 cm³/mol. The number of likely N-dealkylation sites (N-methyl/N-ethyl adjacent to an activating group) is 2. The molecule has 0 aromatic rings. The van der Waals surface area contributed by atoms with Crippen molar-refractivity contribution < 1.29 is 74.8 Å². The van der Waals surface area contributed by atoms with E-state index in [9.17, 15) is 65.1 Å². The van der Waals surface area contributed by atoms with Crippen LogP contribution in [0.5, 0.6) is 0 Å². The SMILES string of the molecule is CN(CC(=O)N1C[C@H](O)[C@@H](O)[C@@H](O)C1CO)C(=N)NOC(=O)CC(O)C(=O)ONC(=N)N(C)CC(=O)N1C[C@H](O)[C@@H](O)[C@@H](O)C1CO. The molecule has 2 rings (SSSR count). The molecule has 0 aromatic carbocycles. The van der Waals surface area contributed by atoms with Gasteiger partial charge in [-0.05, 0) is 0 Å². The zero-order valence-corrected chi connectivity index (χ0v) is 25.4. The lowest BCUT2D eigenvalue weighted by atomic mass is 9.94. The van der Waals surface area contributed by atoms with Gasteiger partial charge >= 0.3 is 11.9 Å². The second-order valence-corrected chi connectivity index (χ2v) is 10.9. The van der Waals surface area contributed by atoms with E-state index in [1.165, 1.54) is 14.1 Å². The van der Waals surface area contributed by atoms with E-state index in [-0.39, 0.29) is 0 Å². The minimum absolute atomic E-state index is 0.409. The standard InChI is InChI=1S/C24H42N8O15/c1-29(6-15(38)31-4-13(36)20(43)18(41)10(31)8-33)23(25)27-46-17(40)3-12(35)22(45)47-28-24(26)30(2)7-16(39)32-5-14(37)21(44)19(42)11(32)9-34/h10-14,18-21,33-37,41-44H,3-9H2,1-2H3,(H2,25,27)(H2,26,28)/t10?,11?,12?,13-,14-,18-,19-,20+,21+/m0/s1. The Labute approximate surface area is 267 Å². The van der Waals surface area contributed by atoms with Gasteiger partial charge in [-0.1, -0.05) is 0 Å². The van der Waals surface area contributed by atoms with E-state index in [1.807, 2.05) is 11.0 Å². The largest absolute Gasteiger partial charge is 0.394 e. The first-order valence-electron chi connectivity index (χ1n) is 14.0. The van der Waals surface area contributed by atoms with Crippen LogP contribution in [0.4, 0.5) is 0 Å². The van der Waals surface area contributed by atoms with Crippen LogP contribution in [0, 0.1) is 10.8 Å². The van der Waals surface area contributed by atoms with Gasteiger partial charge in [0, 0.05) is 27.2 Å². The number of carbonyl (C=O) groups is 4. The number of hydrogen-bond donors (Lipinski definition) is 13. The van der Waals surface area contributed by atoms with Gasteiger partial charge in [0.25, 0.3) is 0 Å². The maximum absolute atomic E-state index is 12.7. The monoisotopic (exact) mass is 682 g/mol. The van der Waals surface area contributed by atoms with E-state index >= 15 is 0 Å².